The smallest absolute Gasteiger partial charge is 0.216 e. The number of hydrogen-bond acceptors (Lipinski definition) is 1. The predicted molar refractivity (Wildman–Crippen MR) is 103 cm³/mol. The summed E-state index contributed by atoms with van der Waals surface area (Å²) in [7, 11) is -1.59. The van der Waals surface area contributed by atoms with Gasteiger partial charge in [0.2, 0.25) is 5.78 Å². The van der Waals surface area contributed by atoms with Gasteiger partial charge < -0.3 is 0 Å². The lowest BCUT2D eigenvalue weighted by Crippen LogP contribution is -2.23. The van der Waals surface area contributed by atoms with Crippen LogP contribution in [0.15, 0.2) is 54.6 Å². The summed E-state index contributed by atoms with van der Waals surface area (Å²) in [6, 6.07) is 17.9. The standard InChI is InChI=1S/C21H21ClOSi/c1-24(2,3)14-13-20(23)21(17-9-11-18(22)12-10-17)15-19(21)16-7-5-4-6-8-16/h4-12,19H,15H2,1-3H3/t19-,21-/m1/s1. The highest BCUT2D eigenvalue weighted by Gasteiger charge is 2.60. The topological polar surface area (TPSA) is 17.1 Å². The van der Waals surface area contributed by atoms with Crippen LogP contribution in [0.1, 0.15) is 23.5 Å². The monoisotopic (exact) mass is 352 g/mol. The molecule has 0 radical (unpaired) electrons. The molecule has 0 bridgehead atoms. The molecule has 1 nitrogen and oxygen atoms in total. The molecular formula is C21H21ClOSi. The van der Waals surface area contributed by atoms with Crippen LogP contribution in [-0.2, 0) is 10.2 Å². The number of carbonyl (C=O) groups is 1. The summed E-state index contributed by atoms with van der Waals surface area (Å²) in [5.74, 6) is 3.22. The lowest BCUT2D eigenvalue weighted by molar-refractivity contribution is -0.116. The maximum Gasteiger partial charge on any atom is 0.216 e. The van der Waals surface area contributed by atoms with Crippen LogP contribution < -0.4 is 0 Å². The van der Waals surface area contributed by atoms with Crippen LogP contribution in [-0.4, -0.2) is 13.9 Å². The van der Waals surface area contributed by atoms with Crippen LogP contribution in [0.2, 0.25) is 24.7 Å². The van der Waals surface area contributed by atoms with Crippen molar-refractivity contribution in [2.75, 3.05) is 0 Å². The quantitative estimate of drug-likeness (QED) is 0.547. The van der Waals surface area contributed by atoms with E-state index < -0.39 is 13.5 Å². The Labute approximate surface area is 150 Å². The van der Waals surface area contributed by atoms with Crippen LogP contribution in [0, 0.1) is 11.5 Å². The molecule has 24 heavy (non-hydrogen) atoms. The van der Waals surface area contributed by atoms with Crippen LogP contribution in [0.4, 0.5) is 0 Å². The Morgan fingerprint density at radius 3 is 2.29 bits per heavy atom. The number of rotatable bonds is 3. The van der Waals surface area contributed by atoms with E-state index in [4.69, 9.17) is 11.6 Å². The van der Waals surface area contributed by atoms with E-state index in [1.165, 1.54) is 5.56 Å². The highest BCUT2D eigenvalue weighted by Crippen LogP contribution is 2.61. The second-order valence-electron chi connectivity index (χ2n) is 7.47. The Hall–Kier alpha value is -1.82. The summed E-state index contributed by atoms with van der Waals surface area (Å²) in [6.45, 7) is 6.47. The fourth-order valence-corrected chi connectivity index (χ4v) is 3.77. The second kappa shape index (κ2) is 6.24. The number of Topliss-reactive ketones (excluding diaryl/α,β-unsaturated/α-hetero) is 1. The zero-order chi connectivity index (χ0) is 17.4. The minimum absolute atomic E-state index is 0.0427. The number of halogens is 1. The number of ketones is 1. The van der Waals surface area contributed by atoms with Crippen molar-refractivity contribution in [1.29, 1.82) is 0 Å². The van der Waals surface area contributed by atoms with Gasteiger partial charge in [-0.15, -0.1) is 5.54 Å². The van der Waals surface area contributed by atoms with Crippen LogP contribution in [0.5, 0.6) is 0 Å². The Morgan fingerprint density at radius 1 is 1.08 bits per heavy atom. The van der Waals surface area contributed by atoms with Crippen LogP contribution in [0.25, 0.3) is 0 Å². The van der Waals surface area contributed by atoms with E-state index in [0.29, 0.717) is 5.02 Å². The zero-order valence-corrected chi connectivity index (χ0v) is 16.0. The van der Waals surface area contributed by atoms with Gasteiger partial charge in [0.05, 0.1) is 5.41 Å². The van der Waals surface area contributed by atoms with Gasteiger partial charge >= 0.3 is 0 Å². The normalized spacial score (nSPS) is 22.4. The molecule has 2 aromatic rings. The molecular weight excluding hydrogens is 332 g/mol. The molecule has 0 N–H and O–H groups in total. The highest BCUT2D eigenvalue weighted by molar-refractivity contribution is 6.84. The van der Waals surface area contributed by atoms with Gasteiger partial charge in [0.1, 0.15) is 8.07 Å². The summed E-state index contributed by atoms with van der Waals surface area (Å²) in [6.07, 6.45) is 0.817. The molecule has 2 atom stereocenters. The zero-order valence-electron chi connectivity index (χ0n) is 14.3. The summed E-state index contributed by atoms with van der Waals surface area (Å²) in [5, 5.41) is 0.687. The summed E-state index contributed by atoms with van der Waals surface area (Å²) in [4.78, 5) is 13.1. The van der Waals surface area contributed by atoms with Gasteiger partial charge in [-0.2, -0.15) is 0 Å². The van der Waals surface area contributed by atoms with Gasteiger partial charge in [-0.05, 0) is 35.6 Å². The van der Waals surface area contributed by atoms with E-state index in [9.17, 15) is 4.79 Å². The second-order valence-corrected chi connectivity index (χ2v) is 12.7. The molecule has 0 spiro atoms. The van der Waals surface area contributed by atoms with E-state index in [1.807, 2.05) is 42.5 Å². The first-order valence-electron chi connectivity index (χ1n) is 8.21. The predicted octanol–water partition coefficient (Wildman–Crippen LogP) is 5.22. The Balaban J connectivity index is 2.02. The average molecular weight is 353 g/mol. The highest BCUT2D eigenvalue weighted by atomic mass is 35.5. The number of benzene rings is 2. The van der Waals surface area contributed by atoms with Crippen molar-refractivity contribution in [3.8, 4) is 11.5 Å². The first-order chi connectivity index (χ1) is 11.3. The summed E-state index contributed by atoms with van der Waals surface area (Å²) in [5.41, 5.74) is 4.95. The number of hydrogen-bond donors (Lipinski definition) is 0. The van der Waals surface area contributed by atoms with Gasteiger partial charge in [0.15, 0.2) is 0 Å². The van der Waals surface area contributed by atoms with Crippen molar-refractivity contribution in [2.45, 2.75) is 37.4 Å². The lowest BCUT2D eigenvalue weighted by Gasteiger charge is -2.15. The molecule has 3 heteroatoms. The maximum absolute atomic E-state index is 13.1. The maximum atomic E-state index is 13.1. The van der Waals surface area contributed by atoms with Crippen molar-refractivity contribution in [2.24, 2.45) is 0 Å². The first kappa shape index (κ1) is 17.0. The van der Waals surface area contributed by atoms with Gasteiger partial charge in [-0.25, -0.2) is 0 Å². The first-order valence-corrected chi connectivity index (χ1v) is 12.1. The molecule has 0 unspecified atom stereocenters. The third-order valence-electron chi connectivity index (χ3n) is 4.48. The molecule has 1 aliphatic rings. The SMILES string of the molecule is C[Si](C)(C)C#CC(=O)[C@@]1(c2ccc(Cl)cc2)C[C@@H]1c1ccccc1. The van der Waals surface area contributed by atoms with Gasteiger partial charge in [0.25, 0.3) is 0 Å². The Kier molecular flexibility index (Phi) is 4.42. The fourth-order valence-electron chi connectivity index (χ4n) is 3.15. The molecule has 1 saturated carbocycles. The van der Waals surface area contributed by atoms with E-state index in [1.54, 1.807) is 0 Å². The number of carbonyl (C=O) groups excluding carboxylic acids is 1. The van der Waals surface area contributed by atoms with Crippen LogP contribution >= 0.6 is 11.6 Å². The molecule has 3 rings (SSSR count). The molecule has 0 heterocycles. The van der Waals surface area contributed by atoms with Crippen molar-refractivity contribution in [3.05, 3.63) is 70.7 Å². The van der Waals surface area contributed by atoms with Crippen molar-refractivity contribution in [3.63, 3.8) is 0 Å². The molecule has 0 aliphatic heterocycles. The minimum atomic E-state index is -1.59. The van der Waals surface area contributed by atoms with Gasteiger partial charge in [-0.3, -0.25) is 4.79 Å². The van der Waals surface area contributed by atoms with E-state index in [2.05, 4.69) is 43.2 Å². The molecule has 2 aromatic carbocycles. The largest absolute Gasteiger partial charge is 0.284 e. The van der Waals surface area contributed by atoms with Crippen LogP contribution in [0.3, 0.4) is 0 Å². The molecule has 122 valence electrons. The van der Waals surface area contributed by atoms with Crippen molar-refractivity contribution >= 4 is 25.5 Å². The summed E-state index contributed by atoms with van der Waals surface area (Å²) >= 11 is 6.03. The Bertz CT molecular complexity index is 809. The minimum Gasteiger partial charge on any atom is -0.284 e. The molecule has 1 fully saturated rings. The van der Waals surface area contributed by atoms with E-state index in [0.717, 1.165) is 12.0 Å². The van der Waals surface area contributed by atoms with Crippen molar-refractivity contribution in [1.82, 2.24) is 0 Å². The molecule has 1 aliphatic carbocycles. The average Bonchev–Trinajstić information content (AvgIpc) is 3.30. The third-order valence-corrected chi connectivity index (χ3v) is 5.61. The summed E-state index contributed by atoms with van der Waals surface area (Å²) < 4.78 is 0. The molecule has 0 amide bonds. The van der Waals surface area contributed by atoms with Crippen molar-refractivity contribution < 1.29 is 4.79 Å². The Morgan fingerprint density at radius 2 is 1.71 bits per heavy atom. The fraction of sp³-hybridized carbons (Fsp3) is 0.286. The van der Waals surface area contributed by atoms with Gasteiger partial charge in [0, 0.05) is 10.9 Å². The molecule has 0 saturated heterocycles. The lowest BCUT2D eigenvalue weighted by atomic mass is 9.87. The molecule has 0 aromatic heterocycles. The van der Waals surface area contributed by atoms with Gasteiger partial charge in [-0.1, -0.05) is 73.7 Å². The van der Waals surface area contributed by atoms with E-state index in [-0.39, 0.29) is 11.7 Å². The van der Waals surface area contributed by atoms with E-state index >= 15 is 0 Å². The third kappa shape index (κ3) is 3.33.